The van der Waals surface area contributed by atoms with Gasteiger partial charge in [-0.3, -0.25) is 4.99 Å². The van der Waals surface area contributed by atoms with E-state index in [1.807, 2.05) is 20.8 Å². The van der Waals surface area contributed by atoms with E-state index in [1.54, 1.807) is 6.34 Å². The fourth-order valence-corrected chi connectivity index (χ4v) is 0.353. The molecular formula is C6H12N2. The highest BCUT2D eigenvalue weighted by atomic mass is 14.9. The van der Waals surface area contributed by atoms with Crippen molar-refractivity contribution in [1.29, 1.82) is 0 Å². The Hall–Kier alpha value is -0.660. The van der Waals surface area contributed by atoms with Crippen molar-refractivity contribution < 1.29 is 0 Å². The van der Waals surface area contributed by atoms with Gasteiger partial charge in [0.1, 0.15) is 6.34 Å². The van der Waals surface area contributed by atoms with Crippen LogP contribution in [-0.4, -0.2) is 18.6 Å². The maximum absolute atomic E-state index is 3.86. The molecule has 1 heterocycles. The molecule has 1 aliphatic heterocycles. The zero-order chi connectivity index (χ0) is 6.41. The van der Waals surface area contributed by atoms with Gasteiger partial charge in [0, 0.05) is 5.71 Å². The van der Waals surface area contributed by atoms with Gasteiger partial charge in [0.05, 0.1) is 6.54 Å². The molecule has 0 N–H and O–H groups in total. The summed E-state index contributed by atoms with van der Waals surface area (Å²) < 4.78 is 0. The summed E-state index contributed by atoms with van der Waals surface area (Å²) in [5, 5.41) is 0. The first-order valence-corrected chi connectivity index (χ1v) is 2.91. The first kappa shape index (κ1) is 7.34. The Balaban J connectivity index is 0.000000222. The summed E-state index contributed by atoms with van der Waals surface area (Å²) in [4.78, 5) is 7.70. The summed E-state index contributed by atoms with van der Waals surface area (Å²) in [5.41, 5.74) is 1.11. The van der Waals surface area contributed by atoms with Gasteiger partial charge in [0.25, 0.3) is 0 Å². The molecule has 1 aliphatic rings. The van der Waals surface area contributed by atoms with Crippen molar-refractivity contribution in [2.75, 3.05) is 6.54 Å². The minimum absolute atomic E-state index is 0.806. The lowest BCUT2D eigenvalue weighted by Crippen LogP contribution is -1.87. The molecule has 2 nitrogen and oxygen atoms in total. The second-order valence-electron chi connectivity index (χ2n) is 1.32. The predicted molar refractivity (Wildman–Crippen MR) is 37.8 cm³/mol. The highest BCUT2D eigenvalue weighted by Crippen LogP contribution is 1.83. The molecule has 0 aromatic rings. The molecule has 46 valence electrons. The van der Waals surface area contributed by atoms with E-state index >= 15 is 0 Å². The van der Waals surface area contributed by atoms with Gasteiger partial charge in [0.15, 0.2) is 0 Å². The maximum Gasteiger partial charge on any atom is 0.110 e. The molecule has 0 bridgehead atoms. The zero-order valence-electron chi connectivity index (χ0n) is 5.68. The van der Waals surface area contributed by atoms with Crippen LogP contribution in [0.4, 0.5) is 0 Å². The molecule has 0 atom stereocenters. The van der Waals surface area contributed by atoms with Gasteiger partial charge in [0.2, 0.25) is 0 Å². The van der Waals surface area contributed by atoms with Crippen LogP contribution in [-0.2, 0) is 0 Å². The SMILES string of the molecule is CC.CC1=NC=NC1. The molecule has 0 radical (unpaired) electrons. The molecule has 0 saturated carbocycles. The van der Waals surface area contributed by atoms with Gasteiger partial charge in [-0.25, -0.2) is 4.99 Å². The first-order valence-electron chi connectivity index (χ1n) is 2.91. The predicted octanol–water partition coefficient (Wildman–Crippen LogP) is 1.52. The Morgan fingerprint density at radius 2 is 2.12 bits per heavy atom. The van der Waals surface area contributed by atoms with Crippen LogP contribution in [0.25, 0.3) is 0 Å². The number of aliphatic imine (C=N–C) groups is 2. The van der Waals surface area contributed by atoms with Gasteiger partial charge >= 0.3 is 0 Å². The van der Waals surface area contributed by atoms with Crippen LogP contribution >= 0.6 is 0 Å². The van der Waals surface area contributed by atoms with E-state index in [4.69, 9.17) is 0 Å². The maximum atomic E-state index is 3.86. The van der Waals surface area contributed by atoms with E-state index < -0.39 is 0 Å². The molecule has 0 aliphatic carbocycles. The van der Waals surface area contributed by atoms with E-state index in [1.165, 1.54) is 0 Å². The Bertz CT molecular complexity index is 103. The minimum atomic E-state index is 0.806. The standard InChI is InChI=1S/C4H6N2.C2H6/c1-4-2-5-3-6-4;1-2/h3H,2H2,1H3;1-2H3. The Morgan fingerprint density at radius 1 is 1.50 bits per heavy atom. The molecule has 2 heteroatoms. The smallest absolute Gasteiger partial charge is 0.110 e. The second kappa shape index (κ2) is 4.50. The lowest BCUT2D eigenvalue weighted by Gasteiger charge is -1.75. The monoisotopic (exact) mass is 112 g/mol. The lowest BCUT2D eigenvalue weighted by molar-refractivity contribution is 1.34. The van der Waals surface area contributed by atoms with Crippen LogP contribution < -0.4 is 0 Å². The largest absolute Gasteiger partial charge is 0.267 e. The third-order valence-electron chi connectivity index (χ3n) is 0.680. The average molecular weight is 112 g/mol. The van der Waals surface area contributed by atoms with Gasteiger partial charge in [-0.05, 0) is 6.92 Å². The van der Waals surface area contributed by atoms with Gasteiger partial charge in [-0.2, -0.15) is 0 Å². The molecule has 8 heavy (non-hydrogen) atoms. The summed E-state index contributed by atoms with van der Waals surface area (Å²) in [6.07, 6.45) is 1.59. The number of hydrogen-bond acceptors (Lipinski definition) is 2. The lowest BCUT2D eigenvalue weighted by atomic mass is 10.4. The normalized spacial score (nSPS) is 14.6. The van der Waals surface area contributed by atoms with Crippen molar-refractivity contribution in [3.8, 4) is 0 Å². The van der Waals surface area contributed by atoms with Crippen LogP contribution in [0.15, 0.2) is 9.98 Å². The van der Waals surface area contributed by atoms with Crippen molar-refractivity contribution >= 4 is 12.1 Å². The number of nitrogens with zero attached hydrogens (tertiary/aromatic N) is 2. The summed E-state index contributed by atoms with van der Waals surface area (Å²) in [6.45, 7) is 6.77. The van der Waals surface area contributed by atoms with Crippen LogP contribution in [0.3, 0.4) is 0 Å². The highest BCUT2D eigenvalue weighted by Gasteiger charge is 1.89. The van der Waals surface area contributed by atoms with Gasteiger partial charge < -0.3 is 0 Å². The molecule has 0 unspecified atom stereocenters. The van der Waals surface area contributed by atoms with Crippen LogP contribution in [0.5, 0.6) is 0 Å². The summed E-state index contributed by atoms with van der Waals surface area (Å²) in [7, 11) is 0. The van der Waals surface area contributed by atoms with Crippen molar-refractivity contribution in [1.82, 2.24) is 0 Å². The molecular weight excluding hydrogens is 100 g/mol. The quantitative estimate of drug-likeness (QED) is 0.454. The fraction of sp³-hybridized carbons (Fsp3) is 0.667. The van der Waals surface area contributed by atoms with Crippen LogP contribution in [0.1, 0.15) is 20.8 Å². The van der Waals surface area contributed by atoms with Crippen LogP contribution in [0, 0.1) is 0 Å². The van der Waals surface area contributed by atoms with Gasteiger partial charge in [-0.1, -0.05) is 13.8 Å². The zero-order valence-corrected chi connectivity index (χ0v) is 5.68. The molecule has 1 rings (SSSR count). The number of hydrogen-bond donors (Lipinski definition) is 0. The van der Waals surface area contributed by atoms with Gasteiger partial charge in [-0.15, -0.1) is 0 Å². The number of rotatable bonds is 0. The van der Waals surface area contributed by atoms with E-state index in [9.17, 15) is 0 Å². The van der Waals surface area contributed by atoms with Crippen LogP contribution in [0.2, 0.25) is 0 Å². The first-order chi connectivity index (χ1) is 3.89. The van der Waals surface area contributed by atoms with E-state index in [0.29, 0.717) is 0 Å². The summed E-state index contributed by atoms with van der Waals surface area (Å²) in [6, 6.07) is 0. The molecule has 0 aromatic heterocycles. The Labute approximate surface area is 50.4 Å². The Kier molecular flexibility index (Phi) is 4.13. The molecule has 0 fully saturated rings. The Morgan fingerprint density at radius 3 is 2.25 bits per heavy atom. The molecule has 0 aromatic carbocycles. The average Bonchev–Trinajstić information content (AvgIpc) is 2.24. The van der Waals surface area contributed by atoms with E-state index in [2.05, 4.69) is 9.98 Å². The summed E-state index contributed by atoms with van der Waals surface area (Å²) >= 11 is 0. The highest BCUT2D eigenvalue weighted by molar-refractivity contribution is 5.94. The second-order valence-corrected chi connectivity index (χ2v) is 1.32. The van der Waals surface area contributed by atoms with Crippen molar-refractivity contribution in [2.45, 2.75) is 20.8 Å². The third kappa shape index (κ3) is 2.50. The molecule has 0 amide bonds. The third-order valence-corrected chi connectivity index (χ3v) is 0.680. The fourth-order valence-electron chi connectivity index (χ4n) is 0.353. The van der Waals surface area contributed by atoms with Crippen molar-refractivity contribution in [2.24, 2.45) is 9.98 Å². The summed E-state index contributed by atoms with van der Waals surface area (Å²) in [5.74, 6) is 0. The molecule has 0 spiro atoms. The van der Waals surface area contributed by atoms with E-state index in [0.717, 1.165) is 12.3 Å². The topological polar surface area (TPSA) is 24.7 Å². The molecule has 0 saturated heterocycles. The van der Waals surface area contributed by atoms with Crippen molar-refractivity contribution in [3.63, 3.8) is 0 Å². The minimum Gasteiger partial charge on any atom is -0.267 e. The van der Waals surface area contributed by atoms with Crippen molar-refractivity contribution in [3.05, 3.63) is 0 Å². The van der Waals surface area contributed by atoms with E-state index in [-0.39, 0.29) is 0 Å².